The molecule has 0 aromatic rings. The van der Waals surface area contributed by atoms with E-state index in [1.807, 2.05) is 0 Å². The van der Waals surface area contributed by atoms with E-state index in [9.17, 15) is 9.59 Å². The van der Waals surface area contributed by atoms with E-state index in [1.54, 1.807) is 11.8 Å². The summed E-state index contributed by atoms with van der Waals surface area (Å²) < 4.78 is 11.0. The molecule has 6 heteroatoms. The third-order valence-electron chi connectivity index (χ3n) is 5.22. The van der Waals surface area contributed by atoms with E-state index in [2.05, 4.69) is 5.32 Å². The summed E-state index contributed by atoms with van der Waals surface area (Å²) in [5.74, 6) is 0.598. The average Bonchev–Trinajstić information content (AvgIpc) is 2.93. The molecule has 21 heavy (non-hydrogen) atoms. The Balaban J connectivity index is 1.60. The third kappa shape index (κ3) is 1.92. The summed E-state index contributed by atoms with van der Waals surface area (Å²) in [6.45, 7) is 3.83. The van der Waals surface area contributed by atoms with Gasteiger partial charge < -0.3 is 14.8 Å². The summed E-state index contributed by atoms with van der Waals surface area (Å²) in [4.78, 5) is 26.3. The quantitative estimate of drug-likeness (QED) is 0.747. The molecule has 1 spiro atoms. The molecule has 3 fully saturated rings. The molecule has 2 atom stereocenters. The van der Waals surface area contributed by atoms with Gasteiger partial charge in [-0.25, -0.2) is 0 Å². The number of likely N-dealkylation sites (tertiary alicyclic amines) is 1. The molecule has 4 heterocycles. The number of ketones is 1. The molecular formula is C15H20N2O4. The highest BCUT2D eigenvalue weighted by atomic mass is 16.5. The second kappa shape index (κ2) is 4.55. The fourth-order valence-electron chi connectivity index (χ4n) is 4.19. The first-order valence-electron chi connectivity index (χ1n) is 7.62. The molecule has 2 bridgehead atoms. The van der Waals surface area contributed by atoms with Crippen molar-refractivity contribution in [2.24, 2.45) is 5.41 Å². The van der Waals surface area contributed by atoms with Crippen LogP contribution in [0.2, 0.25) is 0 Å². The zero-order valence-corrected chi connectivity index (χ0v) is 12.2. The Hall–Kier alpha value is -1.40. The van der Waals surface area contributed by atoms with Gasteiger partial charge in [0.25, 0.3) is 0 Å². The molecule has 0 radical (unpaired) electrons. The van der Waals surface area contributed by atoms with E-state index in [1.165, 1.54) is 0 Å². The van der Waals surface area contributed by atoms with Gasteiger partial charge >= 0.3 is 0 Å². The predicted octanol–water partition coefficient (Wildman–Crippen LogP) is 0.187. The van der Waals surface area contributed by atoms with Gasteiger partial charge in [-0.15, -0.1) is 0 Å². The van der Waals surface area contributed by atoms with E-state index in [-0.39, 0.29) is 35.8 Å². The highest BCUT2D eigenvalue weighted by molar-refractivity contribution is 5.99. The van der Waals surface area contributed by atoms with Crippen molar-refractivity contribution in [3.63, 3.8) is 0 Å². The zero-order valence-electron chi connectivity index (χ0n) is 12.2. The first-order valence-corrected chi connectivity index (χ1v) is 7.62. The SMILES string of the molecule is CC1=C(N2CCC3(CC4COCC(C3)N4)C2=O)OCC1=O. The van der Waals surface area contributed by atoms with Crippen LogP contribution in [0.15, 0.2) is 11.5 Å². The molecule has 114 valence electrons. The molecule has 1 N–H and O–H groups in total. The topological polar surface area (TPSA) is 67.9 Å². The monoisotopic (exact) mass is 292 g/mol. The zero-order chi connectivity index (χ0) is 14.6. The van der Waals surface area contributed by atoms with Crippen LogP contribution in [0.1, 0.15) is 26.2 Å². The molecule has 6 nitrogen and oxygen atoms in total. The fraction of sp³-hybridized carbons (Fsp3) is 0.733. The van der Waals surface area contributed by atoms with Crippen LogP contribution in [-0.4, -0.2) is 55.0 Å². The molecule has 3 saturated heterocycles. The molecule has 2 unspecified atom stereocenters. The number of hydrogen-bond acceptors (Lipinski definition) is 5. The van der Waals surface area contributed by atoms with Crippen molar-refractivity contribution >= 4 is 11.7 Å². The summed E-state index contributed by atoms with van der Waals surface area (Å²) in [6.07, 6.45) is 2.48. The number of nitrogens with one attached hydrogen (secondary N) is 1. The molecule has 0 aliphatic carbocycles. The van der Waals surface area contributed by atoms with Gasteiger partial charge in [-0.3, -0.25) is 14.5 Å². The number of fused-ring (bicyclic) bond motifs is 2. The first kappa shape index (κ1) is 13.3. The standard InChI is InChI=1S/C15H20N2O4/c1-9-12(18)8-21-13(9)17-3-2-15(14(17)19)4-10-6-20-7-11(5-15)16-10/h10-11,16H,2-8H2,1H3. The number of piperidine rings is 1. The van der Waals surface area contributed by atoms with Crippen molar-refractivity contribution in [3.8, 4) is 0 Å². The summed E-state index contributed by atoms with van der Waals surface area (Å²) in [7, 11) is 0. The van der Waals surface area contributed by atoms with Crippen LogP contribution < -0.4 is 5.32 Å². The minimum Gasteiger partial charge on any atom is -0.470 e. The highest BCUT2D eigenvalue weighted by Crippen LogP contribution is 2.46. The molecule has 1 amide bonds. The lowest BCUT2D eigenvalue weighted by molar-refractivity contribution is -0.141. The van der Waals surface area contributed by atoms with E-state index in [0.29, 0.717) is 31.2 Å². The molecule has 0 aromatic carbocycles. The van der Waals surface area contributed by atoms with Gasteiger partial charge in [0.2, 0.25) is 17.6 Å². The van der Waals surface area contributed by atoms with Crippen LogP contribution in [0.5, 0.6) is 0 Å². The summed E-state index contributed by atoms with van der Waals surface area (Å²) in [5.41, 5.74) is 0.282. The minimum absolute atomic E-state index is 0.0191. The Labute approximate surface area is 123 Å². The second-order valence-corrected chi connectivity index (χ2v) is 6.64. The summed E-state index contributed by atoms with van der Waals surface area (Å²) >= 11 is 0. The van der Waals surface area contributed by atoms with Gasteiger partial charge in [-0.2, -0.15) is 0 Å². The van der Waals surface area contributed by atoms with Crippen molar-refractivity contribution < 1.29 is 19.1 Å². The Morgan fingerprint density at radius 1 is 1.24 bits per heavy atom. The number of amides is 1. The third-order valence-corrected chi connectivity index (χ3v) is 5.22. The van der Waals surface area contributed by atoms with Gasteiger partial charge in [0.15, 0.2) is 6.61 Å². The number of carbonyl (C=O) groups is 2. The van der Waals surface area contributed by atoms with E-state index < -0.39 is 0 Å². The highest BCUT2D eigenvalue weighted by Gasteiger charge is 2.54. The van der Waals surface area contributed by atoms with Crippen LogP contribution in [-0.2, 0) is 19.1 Å². The van der Waals surface area contributed by atoms with Gasteiger partial charge in [-0.05, 0) is 26.2 Å². The Bertz CT molecular complexity index is 530. The summed E-state index contributed by atoms with van der Waals surface area (Å²) in [5, 5.41) is 3.53. The Morgan fingerprint density at radius 2 is 1.95 bits per heavy atom. The van der Waals surface area contributed by atoms with Gasteiger partial charge in [0.1, 0.15) is 0 Å². The molecule has 4 rings (SSSR count). The average molecular weight is 292 g/mol. The lowest BCUT2D eigenvalue weighted by Crippen LogP contribution is -2.58. The van der Waals surface area contributed by atoms with Gasteiger partial charge in [-0.1, -0.05) is 0 Å². The van der Waals surface area contributed by atoms with E-state index in [4.69, 9.17) is 9.47 Å². The summed E-state index contributed by atoms with van der Waals surface area (Å²) in [6, 6.07) is 0.533. The molecular weight excluding hydrogens is 272 g/mol. The number of hydrogen-bond donors (Lipinski definition) is 1. The van der Waals surface area contributed by atoms with E-state index in [0.717, 1.165) is 19.3 Å². The normalized spacial score (nSPS) is 39.4. The Kier molecular flexibility index (Phi) is 2.87. The van der Waals surface area contributed by atoms with Crippen LogP contribution in [0, 0.1) is 5.41 Å². The first-order chi connectivity index (χ1) is 10.1. The fourth-order valence-corrected chi connectivity index (χ4v) is 4.19. The molecule has 4 aliphatic heterocycles. The Morgan fingerprint density at radius 3 is 2.57 bits per heavy atom. The van der Waals surface area contributed by atoms with Gasteiger partial charge in [0, 0.05) is 18.6 Å². The van der Waals surface area contributed by atoms with E-state index >= 15 is 0 Å². The van der Waals surface area contributed by atoms with Crippen LogP contribution in [0.4, 0.5) is 0 Å². The predicted molar refractivity (Wildman–Crippen MR) is 73.2 cm³/mol. The maximum Gasteiger partial charge on any atom is 0.235 e. The molecule has 0 aromatic heterocycles. The molecule has 0 saturated carbocycles. The largest absolute Gasteiger partial charge is 0.470 e. The smallest absolute Gasteiger partial charge is 0.235 e. The lowest BCUT2D eigenvalue weighted by atomic mass is 9.71. The van der Waals surface area contributed by atoms with Crippen LogP contribution in [0.25, 0.3) is 0 Å². The number of rotatable bonds is 1. The number of nitrogens with zero attached hydrogens (tertiary/aromatic N) is 1. The molecule has 4 aliphatic rings. The maximum atomic E-state index is 13.0. The number of Topliss-reactive ketones (excluding diaryl/α,β-unsaturated/α-hetero) is 1. The van der Waals surface area contributed by atoms with Crippen molar-refractivity contribution in [2.75, 3.05) is 26.4 Å². The van der Waals surface area contributed by atoms with Crippen LogP contribution >= 0.6 is 0 Å². The maximum absolute atomic E-state index is 13.0. The van der Waals surface area contributed by atoms with Crippen molar-refractivity contribution in [3.05, 3.63) is 11.5 Å². The van der Waals surface area contributed by atoms with Crippen molar-refractivity contribution in [1.82, 2.24) is 10.2 Å². The van der Waals surface area contributed by atoms with Crippen molar-refractivity contribution in [2.45, 2.75) is 38.3 Å². The second-order valence-electron chi connectivity index (χ2n) is 6.64. The van der Waals surface area contributed by atoms with Crippen molar-refractivity contribution in [1.29, 1.82) is 0 Å². The van der Waals surface area contributed by atoms with Gasteiger partial charge in [0.05, 0.1) is 24.2 Å². The number of ether oxygens (including phenoxy) is 2. The number of carbonyl (C=O) groups excluding carboxylic acids is 2. The minimum atomic E-state index is -0.299. The van der Waals surface area contributed by atoms with Crippen LogP contribution in [0.3, 0.4) is 0 Å². The number of morpholine rings is 1. The lowest BCUT2D eigenvalue weighted by Gasteiger charge is -2.44.